The number of benzene rings is 2. The lowest BCUT2D eigenvalue weighted by Crippen LogP contribution is -2.40. The molecule has 0 radical (unpaired) electrons. The highest BCUT2D eigenvalue weighted by Crippen LogP contribution is 2.27. The number of carbonyl (C=O) groups is 1. The van der Waals surface area contributed by atoms with Crippen LogP contribution in [0.15, 0.2) is 79.1 Å². The zero-order valence-electron chi connectivity index (χ0n) is 15.6. The molecular weight excluding hydrogens is 348 g/mol. The van der Waals surface area contributed by atoms with Crippen molar-refractivity contribution in [3.63, 3.8) is 0 Å². The summed E-state index contributed by atoms with van der Waals surface area (Å²) in [6.07, 6.45) is 4.33. The third kappa shape index (κ3) is 3.80. The summed E-state index contributed by atoms with van der Waals surface area (Å²) < 4.78 is 0. The summed E-state index contributed by atoms with van der Waals surface area (Å²) >= 11 is 0. The van der Waals surface area contributed by atoms with Crippen LogP contribution < -0.4 is 10.6 Å². The monoisotopic (exact) mass is 370 g/mol. The van der Waals surface area contributed by atoms with Crippen LogP contribution in [-0.2, 0) is 11.2 Å². The van der Waals surface area contributed by atoms with Crippen LogP contribution in [0.3, 0.4) is 0 Å². The molecule has 1 atom stereocenters. The Morgan fingerprint density at radius 1 is 1.04 bits per heavy atom. The maximum Gasteiger partial charge on any atom is 0.241 e. The molecule has 3 N–H and O–H groups in total. The van der Waals surface area contributed by atoms with Crippen LogP contribution in [0.5, 0.6) is 0 Å². The van der Waals surface area contributed by atoms with Crippen molar-refractivity contribution in [3.05, 3.63) is 84.7 Å². The first-order chi connectivity index (χ1) is 13.7. The number of hydrogen-bond donors (Lipinski definition) is 3. The number of fused-ring (bicyclic) bond motifs is 1. The fourth-order valence-electron chi connectivity index (χ4n) is 3.35. The zero-order chi connectivity index (χ0) is 19.3. The van der Waals surface area contributed by atoms with E-state index < -0.39 is 0 Å². The first-order valence-corrected chi connectivity index (χ1v) is 9.29. The Morgan fingerprint density at radius 2 is 1.82 bits per heavy atom. The maximum atomic E-state index is 12.7. The fraction of sp³-hybridized carbons (Fsp3) is 0.130. The summed E-state index contributed by atoms with van der Waals surface area (Å²) in [4.78, 5) is 20.1. The summed E-state index contributed by atoms with van der Waals surface area (Å²) in [6, 6.07) is 21.6. The normalized spacial score (nSPS) is 12.0. The van der Waals surface area contributed by atoms with Gasteiger partial charge in [-0.05, 0) is 54.4 Å². The number of hydrogen-bond acceptors (Lipinski definition) is 3. The minimum Gasteiger partial charge on any atom is -0.346 e. The highest BCUT2D eigenvalue weighted by molar-refractivity contribution is 5.96. The number of nitrogens with one attached hydrogen (secondary N) is 3. The third-order valence-electron chi connectivity index (χ3n) is 4.87. The van der Waals surface area contributed by atoms with Crippen molar-refractivity contribution in [1.29, 1.82) is 0 Å². The number of anilines is 1. The first-order valence-electron chi connectivity index (χ1n) is 9.29. The smallest absolute Gasteiger partial charge is 0.241 e. The van der Waals surface area contributed by atoms with Gasteiger partial charge in [-0.2, -0.15) is 0 Å². The number of amides is 1. The summed E-state index contributed by atoms with van der Waals surface area (Å²) in [5.41, 5.74) is 4.97. The standard InChI is InChI=1S/C23H22N4O/c1-24-21(15-16-5-3-2-4-6-16)23(28)27-18-9-7-17(8-10-18)19-11-13-25-22-20(19)12-14-26-22/h2-14,21,24H,15H2,1H3,(H,25,26)(H,27,28). The molecule has 4 rings (SSSR count). The SMILES string of the molecule is CNC(Cc1ccccc1)C(=O)Nc1ccc(-c2ccnc3[nH]ccc23)cc1. The molecule has 0 aliphatic heterocycles. The highest BCUT2D eigenvalue weighted by atomic mass is 16.2. The molecule has 2 aromatic carbocycles. The maximum absolute atomic E-state index is 12.7. The summed E-state index contributed by atoms with van der Waals surface area (Å²) in [7, 11) is 1.81. The lowest BCUT2D eigenvalue weighted by molar-refractivity contribution is -0.118. The van der Waals surface area contributed by atoms with E-state index in [0.29, 0.717) is 6.42 Å². The molecule has 5 heteroatoms. The minimum absolute atomic E-state index is 0.0453. The van der Waals surface area contributed by atoms with Crippen LogP contribution in [0.25, 0.3) is 22.2 Å². The first kappa shape index (κ1) is 17.9. The second-order valence-corrected chi connectivity index (χ2v) is 6.70. The number of nitrogens with zero attached hydrogens (tertiary/aromatic N) is 1. The van der Waals surface area contributed by atoms with Gasteiger partial charge in [0.05, 0.1) is 6.04 Å². The van der Waals surface area contributed by atoms with Crippen LogP contribution in [-0.4, -0.2) is 29.0 Å². The average molecular weight is 370 g/mol. The average Bonchev–Trinajstić information content (AvgIpc) is 3.22. The molecule has 4 aromatic rings. The largest absolute Gasteiger partial charge is 0.346 e. The Kier molecular flexibility index (Phi) is 5.17. The van der Waals surface area contributed by atoms with Crippen LogP contribution in [0.4, 0.5) is 5.69 Å². The number of rotatable bonds is 6. The zero-order valence-corrected chi connectivity index (χ0v) is 15.6. The fourth-order valence-corrected chi connectivity index (χ4v) is 3.35. The number of likely N-dealkylation sites (N-methyl/N-ethyl adjacent to an activating group) is 1. The van der Waals surface area contributed by atoms with E-state index in [1.165, 1.54) is 0 Å². The molecule has 140 valence electrons. The van der Waals surface area contributed by atoms with Crippen LogP contribution >= 0.6 is 0 Å². The Morgan fingerprint density at radius 3 is 2.57 bits per heavy atom. The Labute approximate surface area is 163 Å². The van der Waals surface area contributed by atoms with E-state index >= 15 is 0 Å². The molecule has 0 spiro atoms. The molecule has 2 aromatic heterocycles. The quantitative estimate of drug-likeness (QED) is 0.480. The van der Waals surface area contributed by atoms with Crippen molar-refractivity contribution in [2.24, 2.45) is 0 Å². The van der Waals surface area contributed by atoms with Gasteiger partial charge in [0.2, 0.25) is 5.91 Å². The second-order valence-electron chi connectivity index (χ2n) is 6.70. The van der Waals surface area contributed by atoms with Crippen molar-refractivity contribution in [2.75, 3.05) is 12.4 Å². The van der Waals surface area contributed by atoms with Crippen molar-refractivity contribution >= 4 is 22.6 Å². The van der Waals surface area contributed by atoms with Gasteiger partial charge in [-0.15, -0.1) is 0 Å². The molecule has 0 saturated carbocycles. The van der Waals surface area contributed by atoms with Gasteiger partial charge in [-0.25, -0.2) is 4.98 Å². The lowest BCUT2D eigenvalue weighted by atomic mass is 10.0. The van der Waals surface area contributed by atoms with Gasteiger partial charge in [0.1, 0.15) is 5.65 Å². The van der Waals surface area contributed by atoms with E-state index in [4.69, 9.17) is 0 Å². The van der Waals surface area contributed by atoms with E-state index in [1.54, 1.807) is 6.20 Å². The van der Waals surface area contributed by atoms with Gasteiger partial charge in [0, 0.05) is 23.5 Å². The van der Waals surface area contributed by atoms with Gasteiger partial charge in [0.25, 0.3) is 0 Å². The molecule has 0 saturated heterocycles. The molecule has 0 aliphatic carbocycles. The minimum atomic E-state index is -0.290. The van der Waals surface area contributed by atoms with Gasteiger partial charge in [0.15, 0.2) is 0 Å². The molecule has 1 amide bonds. The summed E-state index contributed by atoms with van der Waals surface area (Å²) in [5.74, 6) is -0.0453. The van der Waals surface area contributed by atoms with Gasteiger partial charge in [-0.1, -0.05) is 42.5 Å². The van der Waals surface area contributed by atoms with E-state index in [2.05, 4.69) is 20.6 Å². The van der Waals surface area contributed by atoms with Crippen LogP contribution in [0, 0.1) is 0 Å². The molecule has 28 heavy (non-hydrogen) atoms. The topological polar surface area (TPSA) is 69.8 Å². The van der Waals surface area contributed by atoms with Crippen molar-refractivity contribution in [2.45, 2.75) is 12.5 Å². The number of H-pyrrole nitrogens is 1. The predicted molar refractivity (Wildman–Crippen MR) is 113 cm³/mol. The summed E-state index contributed by atoms with van der Waals surface area (Å²) in [5, 5.41) is 7.19. The lowest BCUT2D eigenvalue weighted by Gasteiger charge is -2.16. The summed E-state index contributed by atoms with van der Waals surface area (Å²) in [6.45, 7) is 0. The van der Waals surface area contributed by atoms with Crippen molar-refractivity contribution in [3.8, 4) is 11.1 Å². The number of aromatic amines is 1. The molecule has 5 nitrogen and oxygen atoms in total. The Hall–Kier alpha value is -3.44. The van der Waals surface area contributed by atoms with Crippen LogP contribution in [0.1, 0.15) is 5.56 Å². The number of aromatic nitrogens is 2. The third-order valence-corrected chi connectivity index (χ3v) is 4.87. The highest BCUT2D eigenvalue weighted by Gasteiger charge is 2.17. The van der Waals surface area contributed by atoms with Gasteiger partial charge < -0.3 is 15.6 Å². The second kappa shape index (κ2) is 8.06. The Balaban J connectivity index is 1.48. The predicted octanol–water partition coefficient (Wildman–Crippen LogP) is 4.00. The van der Waals surface area contributed by atoms with Crippen molar-refractivity contribution in [1.82, 2.24) is 15.3 Å². The van der Waals surface area contributed by atoms with Crippen LogP contribution in [0.2, 0.25) is 0 Å². The van der Waals surface area contributed by atoms with E-state index in [0.717, 1.165) is 33.4 Å². The molecular formula is C23H22N4O. The van der Waals surface area contributed by atoms with E-state index in [9.17, 15) is 4.79 Å². The molecule has 0 aliphatic rings. The number of carbonyl (C=O) groups excluding carboxylic acids is 1. The molecule has 0 fully saturated rings. The molecule has 0 bridgehead atoms. The number of pyridine rings is 1. The van der Waals surface area contributed by atoms with E-state index in [-0.39, 0.29) is 11.9 Å². The van der Waals surface area contributed by atoms with Crippen molar-refractivity contribution < 1.29 is 4.79 Å². The molecule has 1 unspecified atom stereocenters. The molecule has 2 heterocycles. The van der Waals surface area contributed by atoms with Gasteiger partial charge in [-0.3, -0.25) is 4.79 Å². The van der Waals surface area contributed by atoms with Gasteiger partial charge >= 0.3 is 0 Å². The Bertz CT molecular complexity index is 1070. The van der Waals surface area contributed by atoms with E-state index in [1.807, 2.05) is 80.0 Å².